The van der Waals surface area contributed by atoms with Gasteiger partial charge < -0.3 is 14.6 Å². The maximum atomic E-state index is 5.50. The van der Waals surface area contributed by atoms with Crippen LogP contribution in [0.25, 0.3) is 10.9 Å². The molecule has 0 unspecified atom stereocenters. The number of hydrogen-bond acceptors (Lipinski definition) is 2. The maximum Gasteiger partial charge on any atom is 0.143 e. The van der Waals surface area contributed by atoms with Crippen LogP contribution in [0.3, 0.4) is 0 Å². The second-order valence-electron chi connectivity index (χ2n) is 4.85. The molecule has 0 fully saturated rings. The minimum Gasteiger partial charge on any atom is -0.495 e. The molecule has 3 nitrogen and oxygen atoms in total. The van der Waals surface area contributed by atoms with Gasteiger partial charge in [0.25, 0.3) is 0 Å². The molecule has 0 amide bonds. The van der Waals surface area contributed by atoms with Gasteiger partial charge in [0.05, 0.1) is 12.6 Å². The van der Waals surface area contributed by atoms with E-state index in [1.54, 1.807) is 7.11 Å². The summed E-state index contributed by atoms with van der Waals surface area (Å²) in [4.78, 5) is 0. The molecule has 0 bridgehead atoms. The third kappa shape index (κ3) is 2.23. The smallest absolute Gasteiger partial charge is 0.143 e. The maximum absolute atomic E-state index is 5.50. The van der Waals surface area contributed by atoms with Gasteiger partial charge in [0.2, 0.25) is 0 Å². The zero-order valence-electron chi connectivity index (χ0n) is 11.7. The third-order valence-electron chi connectivity index (χ3n) is 3.27. The largest absolute Gasteiger partial charge is 0.495 e. The van der Waals surface area contributed by atoms with Gasteiger partial charge in [-0.3, -0.25) is 0 Å². The highest BCUT2D eigenvalue weighted by Gasteiger charge is 2.14. The summed E-state index contributed by atoms with van der Waals surface area (Å²) in [5.41, 5.74) is 2.57. The Morgan fingerprint density at radius 1 is 1.33 bits per heavy atom. The molecule has 18 heavy (non-hydrogen) atoms. The summed E-state index contributed by atoms with van der Waals surface area (Å²) >= 11 is 0. The second-order valence-corrected chi connectivity index (χ2v) is 4.85. The van der Waals surface area contributed by atoms with E-state index in [4.69, 9.17) is 4.74 Å². The number of likely N-dealkylation sites (N-methyl/N-ethyl adjacent to an activating group) is 1. The Morgan fingerprint density at radius 2 is 2.11 bits per heavy atom. The number of hydrogen-bond donors (Lipinski definition) is 1. The summed E-state index contributed by atoms with van der Waals surface area (Å²) in [6.07, 6.45) is 1.03. The van der Waals surface area contributed by atoms with Crippen molar-refractivity contribution >= 4 is 10.9 Å². The standard InChI is InChI=1S/C15H22N2O/c1-11(2)17-13(8-9-16-3)10-12-6-5-7-14(18-4)15(12)17/h5-7,10-11,16H,8-9H2,1-4H3. The minimum absolute atomic E-state index is 0.436. The molecule has 0 aliphatic heterocycles. The Kier molecular flexibility index (Phi) is 3.92. The summed E-state index contributed by atoms with van der Waals surface area (Å²) in [6.45, 7) is 5.43. The van der Waals surface area contributed by atoms with Gasteiger partial charge in [-0.05, 0) is 33.0 Å². The molecule has 0 spiro atoms. The van der Waals surface area contributed by atoms with E-state index in [9.17, 15) is 0 Å². The molecule has 98 valence electrons. The molecule has 0 saturated carbocycles. The predicted molar refractivity (Wildman–Crippen MR) is 76.5 cm³/mol. The molecule has 0 saturated heterocycles. The van der Waals surface area contributed by atoms with Crippen LogP contribution >= 0.6 is 0 Å². The topological polar surface area (TPSA) is 26.2 Å². The van der Waals surface area contributed by atoms with E-state index in [1.807, 2.05) is 19.2 Å². The first kappa shape index (κ1) is 13.0. The average Bonchev–Trinajstić information content (AvgIpc) is 2.74. The lowest BCUT2D eigenvalue weighted by Crippen LogP contribution is -2.14. The molecular weight excluding hydrogens is 224 g/mol. The lowest BCUT2D eigenvalue weighted by Gasteiger charge is -2.16. The van der Waals surface area contributed by atoms with Gasteiger partial charge in [0.15, 0.2) is 0 Å². The number of benzene rings is 1. The van der Waals surface area contributed by atoms with Crippen molar-refractivity contribution in [2.45, 2.75) is 26.3 Å². The Labute approximate surface area is 109 Å². The summed E-state index contributed by atoms with van der Waals surface area (Å²) in [7, 11) is 3.72. The highest BCUT2D eigenvalue weighted by atomic mass is 16.5. The number of ether oxygens (including phenoxy) is 1. The predicted octanol–water partition coefficient (Wildman–Crippen LogP) is 2.99. The van der Waals surface area contributed by atoms with Gasteiger partial charge >= 0.3 is 0 Å². The quantitative estimate of drug-likeness (QED) is 0.877. The number of aromatic nitrogens is 1. The molecule has 0 radical (unpaired) electrons. The van der Waals surface area contributed by atoms with Gasteiger partial charge in [0.1, 0.15) is 5.75 Å². The fraction of sp³-hybridized carbons (Fsp3) is 0.467. The summed E-state index contributed by atoms with van der Waals surface area (Å²) in [6, 6.07) is 8.94. The highest BCUT2D eigenvalue weighted by Crippen LogP contribution is 2.31. The van der Waals surface area contributed by atoms with Crippen molar-refractivity contribution in [3.05, 3.63) is 30.0 Å². The van der Waals surface area contributed by atoms with E-state index in [1.165, 1.54) is 16.6 Å². The SMILES string of the molecule is CNCCc1cc2cccc(OC)c2n1C(C)C. The highest BCUT2D eigenvalue weighted by molar-refractivity contribution is 5.87. The van der Waals surface area contributed by atoms with Gasteiger partial charge in [-0.1, -0.05) is 12.1 Å². The molecule has 0 atom stereocenters. The van der Waals surface area contributed by atoms with Crippen molar-refractivity contribution in [3.63, 3.8) is 0 Å². The van der Waals surface area contributed by atoms with Crippen LogP contribution in [-0.2, 0) is 6.42 Å². The summed E-state index contributed by atoms with van der Waals surface area (Å²) in [5, 5.41) is 4.47. The lowest BCUT2D eigenvalue weighted by molar-refractivity contribution is 0.415. The molecular formula is C15H22N2O. The van der Waals surface area contributed by atoms with Crippen LogP contribution in [-0.4, -0.2) is 25.3 Å². The summed E-state index contributed by atoms with van der Waals surface area (Å²) < 4.78 is 7.88. The van der Waals surface area contributed by atoms with Crippen molar-refractivity contribution < 1.29 is 4.74 Å². The van der Waals surface area contributed by atoms with E-state index < -0.39 is 0 Å². The molecule has 1 aromatic carbocycles. The molecule has 1 N–H and O–H groups in total. The van der Waals surface area contributed by atoms with E-state index in [2.05, 4.69) is 35.9 Å². The molecule has 2 aromatic rings. The molecule has 2 rings (SSSR count). The van der Waals surface area contributed by atoms with Crippen molar-refractivity contribution in [1.29, 1.82) is 0 Å². The van der Waals surface area contributed by atoms with Crippen molar-refractivity contribution in [3.8, 4) is 5.75 Å². The number of fused-ring (bicyclic) bond motifs is 1. The zero-order chi connectivity index (χ0) is 13.1. The number of methoxy groups -OCH3 is 1. The van der Waals surface area contributed by atoms with E-state index in [0.717, 1.165) is 18.7 Å². The fourth-order valence-corrected chi connectivity index (χ4v) is 2.51. The lowest BCUT2D eigenvalue weighted by atomic mass is 10.2. The number of rotatable bonds is 5. The molecule has 1 heterocycles. The first-order valence-electron chi connectivity index (χ1n) is 6.50. The monoisotopic (exact) mass is 246 g/mol. The van der Waals surface area contributed by atoms with Gasteiger partial charge in [-0.25, -0.2) is 0 Å². The number of nitrogens with zero attached hydrogens (tertiary/aromatic N) is 1. The van der Waals surface area contributed by atoms with Crippen LogP contribution in [0, 0.1) is 0 Å². The van der Waals surface area contributed by atoms with Crippen molar-refractivity contribution in [2.75, 3.05) is 20.7 Å². The van der Waals surface area contributed by atoms with E-state index >= 15 is 0 Å². The molecule has 3 heteroatoms. The molecule has 0 aliphatic rings. The third-order valence-corrected chi connectivity index (χ3v) is 3.27. The van der Waals surface area contributed by atoms with Gasteiger partial charge in [0, 0.05) is 30.1 Å². The Balaban J connectivity index is 2.61. The Hall–Kier alpha value is -1.48. The number of para-hydroxylation sites is 1. The second kappa shape index (κ2) is 5.44. The van der Waals surface area contributed by atoms with Crippen molar-refractivity contribution in [1.82, 2.24) is 9.88 Å². The first-order valence-corrected chi connectivity index (χ1v) is 6.50. The molecule has 0 aliphatic carbocycles. The van der Waals surface area contributed by atoms with Crippen molar-refractivity contribution in [2.24, 2.45) is 0 Å². The van der Waals surface area contributed by atoms with Crippen LogP contribution in [0.4, 0.5) is 0 Å². The van der Waals surface area contributed by atoms with E-state index in [-0.39, 0.29) is 0 Å². The van der Waals surface area contributed by atoms with E-state index in [0.29, 0.717) is 6.04 Å². The molecule has 1 aromatic heterocycles. The summed E-state index contributed by atoms with van der Waals surface area (Å²) in [5.74, 6) is 0.955. The normalized spacial score (nSPS) is 11.4. The Bertz CT molecular complexity index is 529. The van der Waals surface area contributed by atoms with Gasteiger partial charge in [-0.2, -0.15) is 0 Å². The van der Waals surface area contributed by atoms with Crippen LogP contribution < -0.4 is 10.1 Å². The van der Waals surface area contributed by atoms with Gasteiger partial charge in [-0.15, -0.1) is 0 Å². The zero-order valence-corrected chi connectivity index (χ0v) is 11.7. The van der Waals surface area contributed by atoms with Crippen LogP contribution in [0.15, 0.2) is 24.3 Å². The van der Waals surface area contributed by atoms with Crippen LogP contribution in [0.2, 0.25) is 0 Å². The first-order chi connectivity index (χ1) is 8.69. The minimum atomic E-state index is 0.436. The number of nitrogens with one attached hydrogen (secondary N) is 1. The Morgan fingerprint density at radius 3 is 2.72 bits per heavy atom. The fourth-order valence-electron chi connectivity index (χ4n) is 2.51. The van der Waals surface area contributed by atoms with Crippen LogP contribution in [0.5, 0.6) is 5.75 Å². The van der Waals surface area contributed by atoms with Crippen LogP contribution in [0.1, 0.15) is 25.6 Å². The average molecular weight is 246 g/mol.